The summed E-state index contributed by atoms with van der Waals surface area (Å²) in [5.74, 6) is 0.351. The topological polar surface area (TPSA) is 88.4 Å². The van der Waals surface area contributed by atoms with E-state index < -0.39 is 18.2 Å². The minimum absolute atomic E-state index is 0.209. The Balaban J connectivity index is 1.39. The van der Waals surface area contributed by atoms with E-state index in [1.807, 2.05) is 18.2 Å². The number of anilines is 1. The molecular formula is C24H29FN4O2. The number of hydrogen-bond donors (Lipinski definition) is 3. The average molecular weight is 425 g/mol. The number of likely N-dealkylation sites (tertiary alicyclic amines) is 1. The van der Waals surface area contributed by atoms with Crippen molar-refractivity contribution in [3.8, 4) is 6.07 Å². The molecule has 0 aliphatic carbocycles. The Bertz CT molecular complexity index is 905. The van der Waals surface area contributed by atoms with Gasteiger partial charge in [-0.15, -0.1) is 0 Å². The first-order chi connectivity index (χ1) is 14.9. The summed E-state index contributed by atoms with van der Waals surface area (Å²) < 4.78 is 13.1. The van der Waals surface area contributed by atoms with E-state index in [4.69, 9.17) is 5.26 Å². The molecule has 0 saturated carbocycles. The zero-order chi connectivity index (χ0) is 22.2. The van der Waals surface area contributed by atoms with Crippen LogP contribution in [0.25, 0.3) is 0 Å². The van der Waals surface area contributed by atoms with Crippen LogP contribution in [0.15, 0.2) is 48.5 Å². The molecule has 2 amide bonds. The number of halogens is 1. The molecule has 3 rings (SSSR count). The van der Waals surface area contributed by atoms with Crippen LogP contribution in [0.4, 0.5) is 14.9 Å². The highest BCUT2D eigenvalue weighted by atomic mass is 19.1. The highest BCUT2D eigenvalue weighted by molar-refractivity contribution is 5.89. The number of β-amino-alcohol motifs (C(OH)–C–C–N with tert-alkyl or cyclic N) is 1. The maximum Gasteiger partial charge on any atom is 0.319 e. The number of benzene rings is 2. The van der Waals surface area contributed by atoms with Crippen LogP contribution >= 0.6 is 0 Å². The Morgan fingerprint density at radius 3 is 2.65 bits per heavy atom. The molecule has 0 radical (unpaired) electrons. The lowest BCUT2D eigenvalue weighted by Crippen LogP contribution is -2.49. The van der Waals surface area contributed by atoms with E-state index in [2.05, 4.69) is 15.5 Å². The van der Waals surface area contributed by atoms with Gasteiger partial charge in [0.05, 0.1) is 23.8 Å². The number of aliphatic hydroxyl groups excluding tert-OH is 1. The summed E-state index contributed by atoms with van der Waals surface area (Å²) in [6.07, 6.45) is 2.32. The Labute approximate surface area is 182 Å². The molecule has 0 bridgehead atoms. The first-order valence-corrected chi connectivity index (χ1v) is 10.7. The first-order valence-electron chi connectivity index (χ1n) is 10.7. The molecule has 1 saturated heterocycles. The summed E-state index contributed by atoms with van der Waals surface area (Å²) in [6.45, 7) is 4.05. The third-order valence-electron chi connectivity index (χ3n) is 5.78. The lowest BCUT2D eigenvalue weighted by atomic mass is 9.90. The van der Waals surface area contributed by atoms with Gasteiger partial charge < -0.3 is 20.6 Å². The molecule has 0 spiro atoms. The van der Waals surface area contributed by atoms with Gasteiger partial charge in [-0.2, -0.15) is 5.26 Å². The zero-order valence-corrected chi connectivity index (χ0v) is 17.7. The fraction of sp³-hybridized carbons (Fsp3) is 0.417. The normalized spacial score (nSPS) is 16.8. The molecule has 0 unspecified atom stereocenters. The lowest BCUT2D eigenvalue weighted by Gasteiger charge is -2.34. The predicted octanol–water partition coefficient (Wildman–Crippen LogP) is 3.52. The highest BCUT2D eigenvalue weighted by Gasteiger charge is 2.24. The predicted molar refractivity (Wildman–Crippen MR) is 118 cm³/mol. The van der Waals surface area contributed by atoms with Gasteiger partial charge in [0.15, 0.2) is 0 Å². The average Bonchev–Trinajstić information content (AvgIpc) is 2.76. The molecule has 3 N–H and O–H groups in total. The van der Waals surface area contributed by atoms with E-state index in [1.54, 1.807) is 31.2 Å². The molecule has 1 aliphatic heterocycles. The van der Waals surface area contributed by atoms with Crippen molar-refractivity contribution in [2.75, 3.05) is 25.0 Å². The highest BCUT2D eigenvalue weighted by Crippen LogP contribution is 2.22. The Morgan fingerprint density at radius 2 is 1.97 bits per heavy atom. The largest absolute Gasteiger partial charge is 0.390 e. The molecule has 1 heterocycles. The standard InChI is InChI=1S/C24H29FN4O2/c1-17(27-24(31)28-22-4-2-3-20(14-22)15-26)23(30)16-29-11-9-19(10-12-29)13-18-5-7-21(25)8-6-18/h2-8,14,17,19,23,30H,9-13,16H2,1H3,(H2,27,28,31)/t17-,23-/m1/s1. The van der Waals surface area contributed by atoms with Crippen LogP contribution in [0.3, 0.4) is 0 Å². The van der Waals surface area contributed by atoms with E-state index in [9.17, 15) is 14.3 Å². The van der Waals surface area contributed by atoms with E-state index in [-0.39, 0.29) is 5.82 Å². The fourth-order valence-electron chi connectivity index (χ4n) is 3.89. The number of urea groups is 1. The molecule has 2 aromatic rings. The Morgan fingerprint density at radius 1 is 1.26 bits per heavy atom. The van der Waals surface area contributed by atoms with Gasteiger partial charge in [0, 0.05) is 12.2 Å². The number of nitriles is 1. The van der Waals surface area contributed by atoms with Crippen LogP contribution in [-0.2, 0) is 6.42 Å². The van der Waals surface area contributed by atoms with E-state index in [0.29, 0.717) is 23.7 Å². The van der Waals surface area contributed by atoms with Crippen molar-refractivity contribution >= 4 is 11.7 Å². The molecule has 2 atom stereocenters. The van der Waals surface area contributed by atoms with Crippen molar-refractivity contribution < 1.29 is 14.3 Å². The number of aliphatic hydroxyl groups is 1. The van der Waals surface area contributed by atoms with Crippen LogP contribution in [-0.4, -0.2) is 47.8 Å². The smallest absolute Gasteiger partial charge is 0.319 e. The minimum atomic E-state index is -0.690. The number of piperidine rings is 1. The number of amides is 2. The fourth-order valence-corrected chi connectivity index (χ4v) is 3.89. The molecule has 7 heteroatoms. The zero-order valence-electron chi connectivity index (χ0n) is 17.7. The molecule has 1 fully saturated rings. The van der Waals surface area contributed by atoms with E-state index >= 15 is 0 Å². The minimum Gasteiger partial charge on any atom is -0.390 e. The maximum absolute atomic E-state index is 13.1. The second kappa shape index (κ2) is 10.9. The summed E-state index contributed by atoms with van der Waals surface area (Å²) in [5.41, 5.74) is 2.15. The molecule has 1 aliphatic rings. The van der Waals surface area contributed by atoms with Gasteiger partial charge in [-0.25, -0.2) is 9.18 Å². The number of nitrogens with zero attached hydrogens (tertiary/aromatic N) is 2. The monoisotopic (exact) mass is 424 g/mol. The summed E-state index contributed by atoms with van der Waals surface area (Å²) in [5, 5.41) is 24.9. The third kappa shape index (κ3) is 7.06. The quantitative estimate of drug-likeness (QED) is 0.635. The van der Waals surface area contributed by atoms with E-state index in [1.165, 1.54) is 12.1 Å². The number of nitrogens with one attached hydrogen (secondary N) is 2. The van der Waals surface area contributed by atoms with Crippen LogP contribution < -0.4 is 10.6 Å². The Hall–Kier alpha value is -2.95. The van der Waals surface area contributed by atoms with Crippen LogP contribution in [0.2, 0.25) is 0 Å². The molecule has 31 heavy (non-hydrogen) atoms. The lowest BCUT2D eigenvalue weighted by molar-refractivity contribution is 0.0701. The van der Waals surface area contributed by atoms with Crippen molar-refractivity contribution in [3.05, 3.63) is 65.5 Å². The van der Waals surface area contributed by atoms with Gasteiger partial charge in [-0.1, -0.05) is 18.2 Å². The Kier molecular flexibility index (Phi) is 7.99. The summed E-state index contributed by atoms with van der Waals surface area (Å²) >= 11 is 0. The third-order valence-corrected chi connectivity index (χ3v) is 5.78. The molecule has 164 valence electrons. The number of carbonyl (C=O) groups excluding carboxylic acids is 1. The SMILES string of the molecule is C[C@@H](NC(=O)Nc1cccc(C#N)c1)[C@H](O)CN1CCC(Cc2ccc(F)cc2)CC1. The van der Waals surface area contributed by atoms with Crippen molar-refractivity contribution in [3.63, 3.8) is 0 Å². The van der Waals surface area contributed by atoms with Gasteiger partial charge in [-0.3, -0.25) is 0 Å². The number of rotatable bonds is 7. The molecule has 6 nitrogen and oxygen atoms in total. The second-order valence-corrected chi connectivity index (χ2v) is 8.22. The van der Waals surface area contributed by atoms with Crippen molar-refractivity contribution in [2.45, 2.75) is 38.3 Å². The molecular weight excluding hydrogens is 395 g/mol. The van der Waals surface area contributed by atoms with Gasteiger partial charge in [0.25, 0.3) is 0 Å². The van der Waals surface area contributed by atoms with Gasteiger partial charge >= 0.3 is 6.03 Å². The van der Waals surface area contributed by atoms with Crippen LogP contribution in [0, 0.1) is 23.1 Å². The second-order valence-electron chi connectivity index (χ2n) is 8.22. The summed E-state index contributed by atoms with van der Waals surface area (Å²) in [7, 11) is 0. The molecule has 2 aromatic carbocycles. The van der Waals surface area contributed by atoms with Crippen LogP contribution in [0.5, 0.6) is 0 Å². The van der Waals surface area contributed by atoms with Crippen molar-refractivity contribution in [1.82, 2.24) is 10.2 Å². The summed E-state index contributed by atoms with van der Waals surface area (Å²) in [4.78, 5) is 14.4. The number of carbonyl (C=O) groups is 1. The van der Waals surface area contributed by atoms with E-state index in [0.717, 1.165) is 37.9 Å². The first kappa shape index (κ1) is 22.7. The van der Waals surface area contributed by atoms with Crippen LogP contribution in [0.1, 0.15) is 30.9 Å². The van der Waals surface area contributed by atoms with Gasteiger partial charge in [0.2, 0.25) is 0 Å². The van der Waals surface area contributed by atoms with Crippen molar-refractivity contribution in [2.24, 2.45) is 5.92 Å². The molecule has 0 aromatic heterocycles. The maximum atomic E-state index is 13.1. The van der Waals surface area contributed by atoms with Crippen molar-refractivity contribution in [1.29, 1.82) is 5.26 Å². The van der Waals surface area contributed by atoms with Gasteiger partial charge in [-0.05, 0) is 81.1 Å². The van der Waals surface area contributed by atoms with Gasteiger partial charge in [0.1, 0.15) is 5.82 Å². The summed E-state index contributed by atoms with van der Waals surface area (Å²) in [6, 6.07) is 14.6. The number of hydrogen-bond acceptors (Lipinski definition) is 4.